The standard InChI is InChI=1S/C12H21N3O4/c1-7(2)10(13)11(17)14-6-9(16)15-5-3-4-8(15)12(18)19/h7-8,10H,3-6,13H2,1-2H3,(H,14,17)(H,18,19)/t8-,10-/m0/s1. The first-order valence-electron chi connectivity index (χ1n) is 6.40. The van der Waals surface area contributed by atoms with Crippen LogP contribution in [0.3, 0.4) is 0 Å². The van der Waals surface area contributed by atoms with Gasteiger partial charge in [0.15, 0.2) is 0 Å². The first-order chi connectivity index (χ1) is 8.84. The molecule has 1 saturated heterocycles. The third kappa shape index (κ3) is 3.92. The van der Waals surface area contributed by atoms with Crippen molar-refractivity contribution in [1.82, 2.24) is 10.2 Å². The summed E-state index contributed by atoms with van der Waals surface area (Å²) in [7, 11) is 0. The first kappa shape index (κ1) is 15.4. The van der Waals surface area contributed by atoms with Gasteiger partial charge in [-0.15, -0.1) is 0 Å². The lowest BCUT2D eigenvalue weighted by Gasteiger charge is -2.22. The van der Waals surface area contributed by atoms with Gasteiger partial charge in [0.2, 0.25) is 11.8 Å². The van der Waals surface area contributed by atoms with E-state index in [9.17, 15) is 14.4 Å². The van der Waals surface area contributed by atoms with Crippen molar-refractivity contribution in [3.05, 3.63) is 0 Å². The molecule has 0 unspecified atom stereocenters. The van der Waals surface area contributed by atoms with E-state index in [1.807, 2.05) is 13.8 Å². The molecule has 19 heavy (non-hydrogen) atoms. The zero-order valence-electron chi connectivity index (χ0n) is 11.3. The Hall–Kier alpha value is -1.63. The lowest BCUT2D eigenvalue weighted by molar-refractivity contribution is -0.148. The Morgan fingerprint density at radius 3 is 2.58 bits per heavy atom. The van der Waals surface area contributed by atoms with Crippen LogP contribution in [0.15, 0.2) is 0 Å². The Labute approximate surface area is 112 Å². The van der Waals surface area contributed by atoms with Crippen LogP contribution < -0.4 is 11.1 Å². The lowest BCUT2D eigenvalue weighted by Crippen LogP contribution is -2.49. The van der Waals surface area contributed by atoms with E-state index >= 15 is 0 Å². The summed E-state index contributed by atoms with van der Waals surface area (Å²) >= 11 is 0. The molecule has 1 rings (SSSR count). The number of nitrogens with two attached hydrogens (primary N) is 1. The molecule has 2 amide bonds. The Bertz CT molecular complexity index is 370. The van der Waals surface area contributed by atoms with Crippen LogP contribution in [0.2, 0.25) is 0 Å². The Balaban J connectivity index is 2.47. The van der Waals surface area contributed by atoms with Crippen LogP contribution in [0.5, 0.6) is 0 Å². The molecule has 1 aliphatic rings. The van der Waals surface area contributed by atoms with Gasteiger partial charge in [-0.1, -0.05) is 13.8 Å². The number of amides is 2. The average Bonchev–Trinajstić information content (AvgIpc) is 2.83. The molecule has 108 valence electrons. The molecule has 0 aliphatic carbocycles. The molecule has 0 aromatic rings. The number of hydrogen-bond acceptors (Lipinski definition) is 4. The van der Waals surface area contributed by atoms with Gasteiger partial charge in [0.25, 0.3) is 0 Å². The van der Waals surface area contributed by atoms with Crippen molar-refractivity contribution < 1.29 is 19.5 Å². The molecule has 7 heteroatoms. The van der Waals surface area contributed by atoms with Crippen LogP contribution >= 0.6 is 0 Å². The highest BCUT2D eigenvalue weighted by atomic mass is 16.4. The van der Waals surface area contributed by atoms with Crippen LogP contribution in [0.4, 0.5) is 0 Å². The topological polar surface area (TPSA) is 113 Å². The molecular weight excluding hydrogens is 250 g/mol. The van der Waals surface area contributed by atoms with Crippen molar-refractivity contribution in [2.24, 2.45) is 11.7 Å². The third-order valence-corrected chi connectivity index (χ3v) is 3.29. The third-order valence-electron chi connectivity index (χ3n) is 3.29. The summed E-state index contributed by atoms with van der Waals surface area (Å²) in [4.78, 5) is 35.7. The molecular formula is C12H21N3O4. The quantitative estimate of drug-likeness (QED) is 0.603. The highest BCUT2D eigenvalue weighted by Gasteiger charge is 2.33. The van der Waals surface area contributed by atoms with Crippen molar-refractivity contribution >= 4 is 17.8 Å². The fraction of sp³-hybridized carbons (Fsp3) is 0.750. The Morgan fingerprint density at radius 2 is 2.05 bits per heavy atom. The molecule has 2 atom stereocenters. The van der Waals surface area contributed by atoms with Gasteiger partial charge < -0.3 is 21.1 Å². The molecule has 7 nitrogen and oxygen atoms in total. The number of hydrogen-bond donors (Lipinski definition) is 3. The van der Waals surface area contributed by atoms with Crippen molar-refractivity contribution in [3.63, 3.8) is 0 Å². The van der Waals surface area contributed by atoms with E-state index in [0.717, 1.165) is 0 Å². The molecule has 0 spiro atoms. The van der Waals surface area contributed by atoms with E-state index in [-0.39, 0.29) is 18.4 Å². The number of nitrogens with one attached hydrogen (secondary N) is 1. The molecule has 0 aromatic heterocycles. The molecule has 4 N–H and O–H groups in total. The second-order valence-corrected chi connectivity index (χ2v) is 5.07. The van der Waals surface area contributed by atoms with Crippen LogP contribution in [-0.2, 0) is 14.4 Å². The minimum atomic E-state index is -1.00. The number of likely N-dealkylation sites (tertiary alicyclic amines) is 1. The fourth-order valence-electron chi connectivity index (χ4n) is 2.01. The average molecular weight is 271 g/mol. The summed E-state index contributed by atoms with van der Waals surface area (Å²) in [5, 5.41) is 11.4. The lowest BCUT2D eigenvalue weighted by atomic mass is 10.1. The van der Waals surface area contributed by atoms with Gasteiger partial charge in [0, 0.05) is 6.54 Å². The molecule has 1 fully saturated rings. The number of carbonyl (C=O) groups is 3. The van der Waals surface area contributed by atoms with Gasteiger partial charge in [-0.2, -0.15) is 0 Å². The van der Waals surface area contributed by atoms with Gasteiger partial charge in [-0.3, -0.25) is 9.59 Å². The highest BCUT2D eigenvalue weighted by Crippen LogP contribution is 2.17. The van der Waals surface area contributed by atoms with E-state index in [1.54, 1.807) is 0 Å². The van der Waals surface area contributed by atoms with E-state index in [2.05, 4.69) is 5.32 Å². The van der Waals surface area contributed by atoms with Crippen LogP contribution in [-0.4, -0.2) is 53.0 Å². The van der Waals surface area contributed by atoms with Crippen molar-refractivity contribution in [3.8, 4) is 0 Å². The summed E-state index contributed by atoms with van der Waals surface area (Å²) in [5.74, 6) is -1.80. The SMILES string of the molecule is CC(C)[C@H](N)C(=O)NCC(=O)N1CCC[C@H]1C(=O)O. The second-order valence-electron chi connectivity index (χ2n) is 5.07. The number of nitrogens with zero attached hydrogens (tertiary/aromatic N) is 1. The monoisotopic (exact) mass is 271 g/mol. The zero-order valence-corrected chi connectivity index (χ0v) is 11.3. The van der Waals surface area contributed by atoms with Crippen molar-refractivity contribution in [2.45, 2.75) is 38.8 Å². The van der Waals surface area contributed by atoms with Gasteiger partial charge in [-0.25, -0.2) is 4.79 Å². The summed E-state index contributed by atoms with van der Waals surface area (Å²) in [6, 6.07) is -1.44. The normalized spacial score (nSPS) is 20.4. The maximum atomic E-state index is 11.9. The Morgan fingerprint density at radius 1 is 1.42 bits per heavy atom. The molecule has 1 aliphatic heterocycles. The fourth-order valence-corrected chi connectivity index (χ4v) is 2.01. The molecule has 0 radical (unpaired) electrons. The number of aliphatic carboxylic acids is 1. The van der Waals surface area contributed by atoms with Gasteiger partial charge in [0.05, 0.1) is 12.6 Å². The minimum absolute atomic E-state index is 0.0198. The predicted molar refractivity (Wildman–Crippen MR) is 68.2 cm³/mol. The highest BCUT2D eigenvalue weighted by molar-refractivity contribution is 5.89. The smallest absolute Gasteiger partial charge is 0.326 e. The van der Waals surface area contributed by atoms with Gasteiger partial charge in [0.1, 0.15) is 6.04 Å². The van der Waals surface area contributed by atoms with Crippen LogP contribution in [0.25, 0.3) is 0 Å². The summed E-state index contributed by atoms with van der Waals surface area (Å²) in [6.07, 6.45) is 1.13. The summed E-state index contributed by atoms with van der Waals surface area (Å²) in [5.41, 5.74) is 5.64. The summed E-state index contributed by atoms with van der Waals surface area (Å²) < 4.78 is 0. The minimum Gasteiger partial charge on any atom is -0.480 e. The van der Waals surface area contributed by atoms with E-state index in [1.165, 1.54) is 4.90 Å². The maximum absolute atomic E-state index is 11.9. The predicted octanol–water partition coefficient (Wildman–Crippen LogP) is -0.838. The first-order valence-corrected chi connectivity index (χ1v) is 6.40. The molecule has 0 aromatic carbocycles. The van der Waals surface area contributed by atoms with Gasteiger partial charge >= 0.3 is 5.97 Å². The zero-order chi connectivity index (χ0) is 14.6. The van der Waals surface area contributed by atoms with Crippen molar-refractivity contribution in [2.75, 3.05) is 13.1 Å². The Kier molecular flexibility index (Phi) is 5.29. The van der Waals surface area contributed by atoms with E-state index in [4.69, 9.17) is 10.8 Å². The number of carboxylic acids is 1. The number of rotatable bonds is 5. The molecule has 1 heterocycles. The largest absolute Gasteiger partial charge is 0.480 e. The molecule has 0 saturated carbocycles. The van der Waals surface area contributed by atoms with Crippen LogP contribution in [0, 0.1) is 5.92 Å². The summed E-state index contributed by atoms with van der Waals surface area (Å²) in [6.45, 7) is 3.84. The number of carboxylic acid groups (broad SMARTS) is 1. The number of carbonyl (C=O) groups excluding carboxylic acids is 2. The second kappa shape index (κ2) is 6.51. The van der Waals surface area contributed by atoms with Gasteiger partial charge in [-0.05, 0) is 18.8 Å². The van der Waals surface area contributed by atoms with E-state index < -0.39 is 24.0 Å². The van der Waals surface area contributed by atoms with Crippen molar-refractivity contribution in [1.29, 1.82) is 0 Å². The maximum Gasteiger partial charge on any atom is 0.326 e. The van der Waals surface area contributed by atoms with Crippen LogP contribution in [0.1, 0.15) is 26.7 Å². The molecule has 0 bridgehead atoms. The van der Waals surface area contributed by atoms with E-state index in [0.29, 0.717) is 19.4 Å².